The van der Waals surface area contributed by atoms with Crippen molar-refractivity contribution in [1.29, 1.82) is 0 Å². The summed E-state index contributed by atoms with van der Waals surface area (Å²) in [6.45, 7) is 4.45. The van der Waals surface area contributed by atoms with Gasteiger partial charge in [0.15, 0.2) is 11.5 Å². The second kappa shape index (κ2) is 8.78. The van der Waals surface area contributed by atoms with E-state index in [-0.39, 0.29) is 18.1 Å². The predicted octanol–water partition coefficient (Wildman–Crippen LogP) is 4.01. The van der Waals surface area contributed by atoms with E-state index < -0.39 is 5.97 Å². The predicted molar refractivity (Wildman–Crippen MR) is 98.6 cm³/mol. The zero-order chi connectivity index (χ0) is 18.2. The molecule has 1 N–H and O–H groups in total. The van der Waals surface area contributed by atoms with Crippen LogP contribution in [-0.2, 0) is 9.53 Å². The van der Waals surface area contributed by atoms with E-state index in [1.807, 2.05) is 37.3 Å². The molecule has 0 aliphatic carbocycles. The molecule has 0 amide bonds. The molecule has 0 unspecified atom stereocenters. The van der Waals surface area contributed by atoms with Crippen LogP contribution in [0.1, 0.15) is 19.4 Å². The van der Waals surface area contributed by atoms with Crippen molar-refractivity contribution < 1.29 is 19.4 Å². The molecule has 0 fully saturated rings. The quantitative estimate of drug-likeness (QED) is 0.468. The smallest absolute Gasteiger partial charge is 0.358 e. The summed E-state index contributed by atoms with van der Waals surface area (Å²) in [5, 5.41) is 10.7. The fourth-order valence-corrected chi connectivity index (χ4v) is 2.39. The average Bonchev–Trinajstić information content (AvgIpc) is 2.63. The number of anilines is 1. The molecule has 132 valence electrons. The lowest BCUT2D eigenvalue weighted by atomic mass is 10.1. The second-order valence-electron chi connectivity index (χ2n) is 5.27. The lowest BCUT2D eigenvalue weighted by molar-refractivity contribution is -0.138. The zero-order valence-electron chi connectivity index (χ0n) is 14.7. The number of carbonyl (C=O) groups is 1. The monoisotopic (exact) mass is 341 g/mol. The number of aliphatic hydroxyl groups is 1. The van der Waals surface area contributed by atoms with Gasteiger partial charge in [0.1, 0.15) is 5.75 Å². The summed E-state index contributed by atoms with van der Waals surface area (Å²) in [7, 11) is 1.71. The molecule has 0 aliphatic heterocycles. The summed E-state index contributed by atoms with van der Waals surface area (Å²) in [5.74, 6) is 0.0317. The highest BCUT2D eigenvalue weighted by atomic mass is 16.5. The number of benzene rings is 2. The lowest BCUT2D eigenvalue weighted by Crippen LogP contribution is -2.26. The van der Waals surface area contributed by atoms with Gasteiger partial charge in [0, 0.05) is 18.3 Å². The van der Waals surface area contributed by atoms with Crippen LogP contribution in [0.5, 0.6) is 5.75 Å². The van der Waals surface area contributed by atoms with Crippen LogP contribution in [0, 0.1) is 0 Å². The molecule has 0 aromatic heterocycles. The number of rotatable bonds is 7. The molecule has 2 aromatic rings. The Bertz CT molecular complexity index is 723. The topological polar surface area (TPSA) is 59.0 Å². The fraction of sp³-hybridized carbons (Fsp3) is 0.250. The summed E-state index contributed by atoms with van der Waals surface area (Å²) >= 11 is 0. The van der Waals surface area contributed by atoms with Gasteiger partial charge >= 0.3 is 5.97 Å². The number of aliphatic hydroxyl groups excluding tert-OH is 1. The second-order valence-corrected chi connectivity index (χ2v) is 5.27. The third-order valence-electron chi connectivity index (χ3n) is 3.61. The molecule has 0 saturated carbocycles. The molecule has 0 saturated heterocycles. The van der Waals surface area contributed by atoms with Crippen molar-refractivity contribution in [3.05, 3.63) is 65.9 Å². The molecule has 5 heteroatoms. The molecule has 2 aromatic carbocycles. The van der Waals surface area contributed by atoms with Crippen LogP contribution in [0.2, 0.25) is 0 Å². The van der Waals surface area contributed by atoms with Crippen molar-refractivity contribution in [3.8, 4) is 5.75 Å². The van der Waals surface area contributed by atoms with Crippen LogP contribution in [0.3, 0.4) is 0 Å². The Morgan fingerprint density at radius 3 is 2.20 bits per heavy atom. The number of likely N-dealkylation sites (N-methyl/N-ethyl adjacent to an activating group) is 1. The number of nitrogens with zero attached hydrogens (tertiary/aromatic N) is 1. The first-order valence-electron chi connectivity index (χ1n) is 8.20. The van der Waals surface area contributed by atoms with Crippen LogP contribution in [0.25, 0.3) is 5.76 Å². The summed E-state index contributed by atoms with van der Waals surface area (Å²) < 4.78 is 10.6. The van der Waals surface area contributed by atoms with E-state index >= 15 is 0 Å². The van der Waals surface area contributed by atoms with Gasteiger partial charge in [0.05, 0.1) is 13.2 Å². The Morgan fingerprint density at radius 2 is 1.64 bits per heavy atom. The van der Waals surface area contributed by atoms with Gasteiger partial charge in [-0.2, -0.15) is 0 Å². The molecule has 25 heavy (non-hydrogen) atoms. The normalized spacial score (nSPS) is 11.5. The van der Waals surface area contributed by atoms with Crippen LogP contribution in [0.4, 0.5) is 5.69 Å². The van der Waals surface area contributed by atoms with E-state index in [1.54, 1.807) is 43.1 Å². The number of hydrogen-bond acceptors (Lipinski definition) is 5. The van der Waals surface area contributed by atoms with Crippen LogP contribution >= 0.6 is 0 Å². The highest BCUT2D eigenvalue weighted by molar-refractivity contribution is 5.99. The summed E-state index contributed by atoms with van der Waals surface area (Å²) in [4.78, 5) is 14.0. The molecule has 2 rings (SSSR count). The first-order chi connectivity index (χ1) is 12.1. The molecule has 5 nitrogen and oxygen atoms in total. The average molecular weight is 341 g/mol. The first kappa shape index (κ1) is 18.4. The van der Waals surface area contributed by atoms with Gasteiger partial charge in [-0.3, -0.25) is 0 Å². The minimum Gasteiger partial charge on any atom is -0.505 e. The lowest BCUT2D eigenvalue weighted by Gasteiger charge is -2.23. The third-order valence-corrected chi connectivity index (χ3v) is 3.61. The van der Waals surface area contributed by atoms with Gasteiger partial charge in [-0.05, 0) is 38.1 Å². The molecule has 0 aliphatic rings. The van der Waals surface area contributed by atoms with E-state index in [9.17, 15) is 9.90 Å². The van der Waals surface area contributed by atoms with Crippen molar-refractivity contribution >= 4 is 17.4 Å². The van der Waals surface area contributed by atoms with Crippen LogP contribution in [0.15, 0.2) is 60.3 Å². The molecule has 0 heterocycles. The SMILES string of the molecule is CCOC(=O)/C(=C(\O)c1ccccc1)N(C)c1ccc(OCC)cc1. The zero-order valence-corrected chi connectivity index (χ0v) is 14.7. The van der Waals surface area contributed by atoms with Crippen molar-refractivity contribution in [1.82, 2.24) is 0 Å². The Balaban J connectivity index is 2.42. The largest absolute Gasteiger partial charge is 0.505 e. The maximum absolute atomic E-state index is 12.4. The van der Waals surface area contributed by atoms with Crippen LogP contribution in [-0.4, -0.2) is 31.3 Å². The van der Waals surface area contributed by atoms with Crippen molar-refractivity contribution in [2.45, 2.75) is 13.8 Å². The molecular formula is C20H23NO4. The maximum Gasteiger partial charge on any atom is 0.358 e. The molecule has 0 atom stereocenters. The number of hydrogen-bond donors (Lipinski definition) is 1. The fourth-order valence-electron chi connectivity index (χ4n) is 2.39. The van der Waals surface area contributed by atoms with E-state index in [1.165, 1.54) is 0 Å². The van der Waals surface area contributed by atoms with Gasteiger partial charge in [0.2, 0.25) is 0 Å². The number of carbonyl (C=O) groups excluding carboxylic acids is 1. The molecular weight excluding hydrogens is 318 g/mol. The van der Waals surface area contributed by atoms with Gasteiger partial charge in [-0.25, -0.2) is 4.79 Å². The third kappa shape index (κ3) is 4.53. The van der Waals surface area contributed by atoms with Gasteiger partial charge in [-0.1, -0.05) is 30.3 Å². The van der Waals surface area contributed by atoms with E-state index in [0.29, 0.717) is 12.2 Å². The van der Waals surface area contributed by atoms with Crippen LogP contribution < -0.4 is 9.64 Å². The van der Waals surface area contributed by atoms with E-state index in [4.69, 9.17) is 9.47 Å². The minimum absolute atomic E-state index is 0.0807. The summed E-state index contributed by atoms with van der Waals surface area (Å²) in [6, 6.07) is 16.2. The van der Waals surface area contributed by atoms with E-state index in [0.717, 1.165) is 11.4 Å². The first-order valence-corrected chi connectivity index (χ1v) is 8.20. The number of esters is 1. The van der Waals surface area contributed by atoms with E-state index in [2.05, 4.69) is 0 Å². The van der Waals surface area contributed by atoms with Gasteiger partial charge in [-0.15, -0.1) is 0 Å². The summed E-state index contributed by atoms with van der Waals surface area (Å²) in [6.07, 6.45) is 0. The van der Waals surface area contributed by atoms with Crippen molar-refractivity contribution in [2.75, 3.05) is 25.2 Å². The number of ether oxygens (including phenoxy) is 2. The van der Waals surface area contributed by atoms with Crippen molar-refractivity contribution in [2.24, 2.45) is 0 Å². The molecule has 0 radical (unpaired) electrons. The molecule has 0 bridgehead atoms. The highest BCUT2D eigenvalue weighted by Gasteiger charge is 2.23. The van der Waals surface area contributed by atoms with Gasteiger partial charge < -0.3 is 19.5 Å². The Labute approximate surface area is 148 Å². The Morgan fingerprint density at radius 1 is 1.00 bits per heavy atom. The maximum atomic E-state index is 12.4. The van der Waals surface area contributed by atoms with Crippen molar-refractivity contribution in [3.63, 3.8) is 0 Å². The standard InChI is InChI=1S/C20H23NO4/c1-4-24-17-13-11-16(12-14-17)21(3)18(20(23)25-5-2)19(22)15-9-7-6-8-10-15/h6-14,22H,4-5H2,1-3H3/b19-18+. The Kier molecular flexibility index (Phi) is 6.46. The minimum atomic E-state index is -0.583. The Hall–Kier alpha value is -2.95. The highest BCUT2D eigenvalue weighted by Crippen LogP contribution is 2.26. The summed E-state index contributed by atoms with van der Waals surface area (Å²) in [5.41, 5.74) is 1.36. The molecule has 0 spiro atoms. The van der Waals surface area contributed by atoms with Gasteiger partial charge in [0.25, 0.3) is 0 Å².